The quantitative estimate of drug-likeness (QED) is 0.157. The Labute approximate surface area is 305 Å². The van der Waals surface area contributed by atoms with Crippen LogP contribution in [0.5, 0.6) is 0 Å². The van der Waals surface area contributed by atoms with Crippen molar-refractivity contribution in [1.82, 2.24) is 15.0 Å². The summed E-state index contributed by atoms with van der Waals surface area (Å²) >= 11 is 1.88. The summed E-state index contributed by atoms with van der Waals surface area (Å²) < 4.78 is 2.65. The molecule has 0 aliphatic rings. The number of thiophene rings is 1. The number of aryl methyl sites for hydroxylation is 2. The van der Waals surface area contributed by atoms with Crippen molar-refractivity contribution in [3.05, 3.63) is 175 Å². The lowest BCUT2D eigenvalue weighted by molar-refractivity contribution is 0.768. The Bertz CT molecular complexity index is 2840. The van der Waals surface area contributed by atoms with Crippen molar-refractivity contribution in [1.29, 1.82) is 0 Å². The molecule has 0 radical (unpaired) electrons. The van der Waals surface area contributed by atoms with Crippen molar-refractivity contribution >= 4 is 63.8 Å². The zero-order valence-electron chi connectivity index (χ0n) is 28.5. The Morgan fingerprint density at radius 1 is 0.365 bits per heavy atom. The van der Waals surface area contributed by atoms with E-state index in [4.69, 9.17) is 15.0 Å². The van der Waals surface area contributed by atoms with E-state index in [0.29, 0.717) is 0 Å². The topological polar surface area (TPSA) is 38.7 Å². The fourth-order valence-electron chi connectivity index (χ4n) is 7.78. The molecule has 0 bridgehead atoms. The molecule has 0 aliphatic heterocycles. The van der Waals surface area contributed by atoms with Gasteiger partial charge in [-0.1, -0.05) is 140 Å². The number of aromatic nitrogens is 3. The van der Waals surface area contributed by atoms with Gasteiger partial charge in [0.2, 0.25) is 0 Å². The van der Waals surface area contributed by atoms with Gasteiger partial charge in [0.05, 0.1) is 0 Å². The van der Waals surface area contributed by atoms with Gasteiger partial charge >= 0.3 is 0 Å². The van der Waals surface area contributed by atoms with Crippen LogP contribution in [0.1, 0.15) is 17.8 Å². The standard InChI is InChI=1S/C48H33N3S/c1-3-13-32(14-4-1)47-49-45(50-48(51-47)33-15-5-2-6-16-33)24-12-18-31-17-11-23-44-46(31)42-30-35(26-28-43(42)52-44)34-25-27-40-38-21-8-7-19-36(38)37-20-9-10-22-39(37)41(40)29-34/h1-11,13-17,19-23,25-30H,12,18,24H2. The van der Waals surface area contributed by atoms with Crippen LogP contribution in [0.25, 0.3) is 86.4 Å². The van der Waals surface area contributed by atoms with E-state index in [1.54, 1.807) is 0 Å². The van der Waals surface area contributed by atoms with Crippen LogP contribution in [0.3, 0.4) is 0 Å². The van der Waals surface area contributed by atoms with Gasteiger partial charge in [-0.25, -0.2) is 15.0 Å². The van der Waals surface area contributed by atoms with Crippen LogP contribution in [0.4, 0.5) is 0 Å². The van der Waals surface area contributed by atoms with Gasteiger partial charge < -0.3 is 0 Å². The predicted molar refractivity (Wildman–Crippen MR) is 220 cm³/mol. The first-order valence-electron chi connectivity index (χ1n) is 17.9. The van der Waals surface area contributed by atoms with E-state index in [1.165, 1.54) is 69.2 Å². The second-order valence-electron chi connectivity index (χ2n) is 13.4. The number of benzene rings is 8. The number of hydrogen-bond donors (Lipinski definition) is 0. The molecule has 0 saturated heterocycles. The summed E-state index contributed by atoms with van der Waals surface area (Å²) in [5.41, 5.74) is 5.86. The molecule has 246 valence electrons. The molecule has 10 aromatic rings. The van der Waals surface area contributed by atoms with Crippen LogP contribution >= 0.6 is 11.3 Å². The molecule has 2 heterocycles. The van der Waals surface area contributed by atoms with Gasteiger partial charge in [0.1, 0.15) is 5.82 Å². The van der Waals surface area contributed by atoms with E-state index in [0.717, 1.165) is 47.9 Å². The number of nitrogens with zero attached hydrogens (tertiary/aromatic N) is 3. The number of fused-ring (bicyclic) bond motifs is 9. The Morgan fingerprint density at radius 2 is 0.904 bits per heavy atom. The summed E-state index contributed by atoms with van der Waals surface area (Å²) in [5.74, 6) is 2.27. The SMILES string of the molecule is c1ccc(-c2nc(CCCc3cccc4sc5ccc(-c6ccc7c8ccccc8c8ccccc8c7c6)cc5c34)nc(-c3ccccc3)n2)cc1. The van der Waals surface area contributed by atoms with Crippen LogP contribution in [0.15, 0.2) is 164 Å². The lowest BCUT2D eigenvalue weighted by Gasteiger charge is -2.12. The van der Waals surface area contributed by atoms with E-state index < -0.39 is 0 Å². The highest BCUT2D eigenvalue weighted by atomic mass is 32.1. The zero-order chi connectivity index (χ0) is 34.4. The van der Waals surface area contributed by atoms with Gasteiger partial charge in [-0.15, -0.1) is 11.3 Å². The van der Waals surface area contributed by atoms with Crippen molar-refractivity contribution in [2.75, 3.05) is 0 Å². The summed E-state index contributed by atoms with van der Waals surface area (Å²) in [5, 5.41) is 10.5. The molecular formula is C48H33N3S. The molecule has 2 aromatic heterocycles. The fourth-order valence-corrected chi connectivity index (χ4v) is 8.91. The maximum Gasteiger partial charge on any atom is 0.163 e. The van der Waals surface area contributed by atoms with Gasteiger partial charge in [-0.05, 0) is 86.1 Å². The first-order chi connectivity index (χ1) is 25.8. The van der Waals surface area contributed by atoms with E-state index in [2.05, 4.69) is 127 Å². The highest BCUT2D eigenvalue weighted by molar-refractivity contribution is 7.25. The summed E-state index contributed by atoms with van der Waals surface area (Å²) in [6.45, 7) is 0. The fraction of sp³-hybridized carbons (Fsp3) is 0.0625. The molecule has 52 heavy (non-hydrogen) atoms. The van der Waals surface area contributed by atoms with E-state index in [-0.39, 0.29) is 0 Å². The molecule has 0 N–H and O–H groups in total. The molecule has 8 aromatic carbocycles. The predicted octanol–water partition coefficient (Wildman–Crippen LogP) is 12.9. The third kappa shape index (κ3) is 5.40. The molecule has 0 fully saturated rings. The minimum Gasteiger partial charge on any atom is -0.213 e. The van der Waals surface area contributed by atoms with Crippen LogP contribution < -0.4 is 0 Å². The summed E-state index contributed by atoms with van der Waals surface area (Å²) in [6, 6.07) is 58.8. The molecule has 3 nitrogen and oxygen atoms in total. The maximum absolute atomic E-state index is 4.94. The number of rotatable bonds is 7. The smallest absolute Gasteiger partial charge is 0.163 e. The minimum absolute atomic E-state index is 0.720. The van der Waals surface area contributed by atoms with E-state index >= 15 is 0 Å². The zero-order valence-corrected chi connectivity index (χ0v) is 29.3. The molecule has 4 heteroatoms. The summed E-state index contributed by atoms with van der Waals surface area (Å²) in [7, 11) is 0. The first kappa shape index (κ1) is 30.6. The normalized spacial score (nSPS) is 11.7. The van der Waals surface area contributed by atoms with Crippen molar-refractivity contribution in [3.63, 3.8) is 0 Å². The van der Waals surface area contributed by atoms with Crippen molar-refractivity contribution in [2.45, 2.75) is 19.3 Å². The van der Waals surface area contributed by atoms with Crippen LogP contribution in [0, 0.1) is 0 Å². The number of hydrogen-bond acceptors (Lipinski definition) is 4. The third-order valence-electron chi connectivity index (χ3n) is 10.3. The third-order valence-corrected chi connectivity index (χ3v) is 11.4. The molecule has 0 saturated carbocycles. The molecule has 10 rings (SSSR count). The highest BCUT2D eigenvalue weighted by Gasteiger charge is 2.15. The average Bonchev–Trinajstić information content (AvgIpc) is 3.60. The second-order valence-corrected chi connectivity index (χ2v) is 14.5. The van der Waals surface area contributed by atoms with Gasteiger partial charge in [0.25, 0.3) is 0 Å². The van der Waals surface area contributed by atoms with E-state index in [9.17, 15) is 0 Å². The second kappa shape index (κ2) is 12.8. The van der Waals surface area contributed by atoms with Crippen LogP contribution in [-0.4, -0.2) is 15.0 Å². The largest absolute Gasteiger partial charge is 0.213 e. The minimum atomic E-state index is 0.720. The van der Waals surface area contributed by atoms with Crippen molar-refractivity contribution in [2.24, 2.45) is 0 Å². The van der Waals surface area contributed by atoms with Crippen LogP contribution in [0.2, 0.25) is 0 Å². The molecular weight excluding hydrogens is 651 g/mol. The van der Waals surface area contributed by atoms with Gasteiger partial charge in [0.15, 0.2) is 11.6 Å². The lowest BCUT2D eigenvalue weighted by Crippen LogP contribution is -2.04. The highest BCUT2D eigenvalue weighted by Crippen LogP contribution is 2.41. The Hall–Kier alpha value is -6.23. The summed E-state index contributed by atoms with van der Waals surface area (Å²) in [4.78, 5) is 14.8. The van der Waals surface area contributed by atoms with Crippen molar-refractivity contribution < 1.29 is 0 Å². The lowest BCUT2D eigenvalue weighted by atomic mass is 9.91. The molecule has 0 unspecified atom stereocenters. The first-order valence-corrected chi connectivity index (χ1v) is 18.7. The van der Waals surface area contributed by atoms with Gasteiger partial charge in [-0.2, -0.15) is 0 Å². The molecule has 0 spiro atoms. The molecule has 0 amide bonds. The Kier molecular flexibility index (Phi) is 7.54. The monoisotopic (exact) mass is 683 g/mol. The Morgan fingerprint density at radius 3 is 1.54 bits per heavy atom. The average molecular weight is 684 g/mol. The molecule has 0 atom stereocenters. The van der Waals surface area contributed by atoms with Crippen molar-refractivity contribution in [3.8, 4) is 33.9 Å². The van der Waals surface area contributed by atoms with Crippen LogP contribution in [-0.2, 0) is 12.8 Å². The van der Waals surface area contributed by atoms with E-state index in [1.807, 2.05) is 47.7 Å². The van der Waals surface area contributed by atoms with Gasteiger partial charge in [-0.3, -0.25) is 0 Å². The molecule has 0 aliphatic carbocycles. The summed E-state index contributed by atoms with van der Waals surface area (Å²) in [6.07, 6.45) is 2.65. The maximum atomic E-state index is 4.94. The Balaban J connectivity index is 1.00. The van der Waals surface area contributed by atoms with Gasteiger partial charge in [0, 0.05) is 37.7 Å².